The molecule has 24 heavy (non-hydrogen) atoms. The lowest BCUT2D eigenvalue weighted by atomic mass is 9.89. The van der Waals surface area contributed by atoms with Crippen LogP contribution in [0, 0.1) is 0 Å². The monoisotopic (exact) mass is 333 g/mol. The second-order valence-corrected chi connectivity index (χ2v) is 6.28. The topological polar surface area (TPSA) is 103 Å². The summed E-state index contributed by atoms with van der Waals surface area (Å²) >= 11 is 0. The van der Waals surface area contributed by atoms with Crippen molar-refractivity contribution in [3.8, 4) is 16.9 Å². The summed E-state index contributed by atoms with van der Waals surface area (Å²) in [5.41, 5.74) is 0.649. The molecule has 7 heteroatoms. The van der Waals surface area contributed by atoms with E-state index in [1.54, 1.807) is 26.2 Å². The van der Waals surface area contributed by atoms with Gasteiger partial charge >= 0.3 is 7.32 Å². The maximum Gasteiger partial charge on any atom is 0.631 e. The highest BCUT2D eigenvalue weighted by Crippen LogP contribution is 2.29. The largest absolute Gasteiger partial charge is 0.631 e. The molecule has 0 atom stereocenters. The van der Waals surface area contributed by atoms with Gasteiger partial charge in [-0.05, 0) is 63.1 Å². The highest BCUT2D eigenvalue weighted by Gasteiger charge is 2.37. The van der Waals surface area contributed by atoms with Crippen LogP contribution in [0.25, 0.3) is 11.1 Å². The van der Waals surface area contributed by atoms with Gasteiger partial charge in [0.2, 0.25) is 0 Å². The van der Waals surface area contributed by atoms with Crippen LogP contribution in [0.1, 0.15) is 27.7 Å². The van der Waals surface area contributed by atoms with Crippen LogP contribution in [-0.2, 0) is 0 Å². The van der Waals surface area contributed by atoms with E-state index in [-0.39, 0.29) is 0 Å². The van der Waals surface area contributed by atoms with E-state index >= 15 is 0 Å². The molecule has 0 saturated carbocycles. The Hall–Kier alpha value is -1.93. The first-order valence-electron chi connectivity index (χ1n) is 7.49. The van der Waals surface area contributed by atoms with E-state index in [1.165, 1.54) is 0 Å². The Morgan fingerprint density at radius 3 is 1.67 bits per heavy atom. The van der Waals surface area contributed by atoms with Gasteiger partial charge < -0.3 is 24.9 Å². The van der Waals surface area contributed by atoms with Crippen molar-refractivity contribution in [1.82, 2.24) is 4.98 Å². The Morgan fingerprint density at radius 1 is 0.833 bits per heavy atom. The predicted molar refractivity (Wildman–Crippen MR) is 93.1 cm³/mol. The average molecular weight is 333 g/mol. The lowest BCUT2D eigenvalue weighted by molar-refractivity contribution is -0.0906. The van der Waals surface area contributed by atoms with Crippen molar-refractivity contribution in [1.29, 1.82) is 0 Å². The number of rotatable bonds is 4. The molecule has 4 N–H and O–H groups in total. The third-order valence-corrected chi connectivity index (χ3v) is 3.71. The van der Waals surface area contributed by atoms with Crippen LogP contribution >= 0.6 is 0 Å². The van der Waals surface area contributed by atoms with Crippen molar-refractivity contribution in [2.75, 3.05) is 0 Å². The first kappa shape index (κ1) is 20.1. The van der Waals surface area contributed by atoms with E-state index in [9.17, 15) is 5.11 Å². The molecular weight excluding hydrogens is 309 g/mol. The molecule has 0 bridgehead atoms. The number of hydrogen-bond donors (Lipinski definition) is 4. The highest BCUT2D eigenvalue weighted by molar-refractivity contribution is 6.30. The molecule has 0 unspecified atom stereocenters. The highest BCUT2D eigenvalue weighted by atomic mass is 16.5. The Labute approximate surface area is 142 Å². The van der Waals surface area contributed by atoms with Crippen molar-refractivity contribution in [2.45, 2.75) is 38.9 Å². The fraction of sp³-hybridized carbons (Fsp3) is 0.353. The van der Waals surface area contributed by atoms with Crippen LogP contribution in [-0.4, -0.2) is 43.7 Å². The first-order valence-corrected chi connectivity index (χ1v) is 7.49. The normalized spacial score (nSPS) is 11.3. The summed E-state index contributed by atoms with van der Waals surface area (Å²) in [5.74, 6) is 0.745. The fourth-order valence-corrected chi connectivity index (χ4v) is 1.68. The zero-order valence-corrected chi connectivity index (χ0v) is 14.3. The van der Waals surface area contributed by atoms with Gasteiger partial charge in [-0.25, -0.2) is 0 Å². The van der Waals surface area contributed by atoms with Gasteiger partial charge in [-0.2, -0.15) is 0 Å². The predicted octanol–water partition coefficient (Wildman–Crippen LogP) is 1.63. The van der Waals surface area contributed by atoms with Crippen LogP contribution in [0.5, 0.6) is 5.75 Å². The molecule has 130 valence electrons. The molecule has 0 aliphatic rings. The van der Waals surface area contributed by atoms with Gasteiger partial charge in [0.15, 0.2) is 0 Å². The molecule has 2 rings (SSSR count). The Bertz CT molecular complexity index is 606. The van der Waals surface area contributed by atoms with Crippen molar-refractivity contribution in [2.24, 2.45) is 0 Å². The molecule has 1 aromatic heterocycles. The zero-order chi connectivity index (χ0) is 18.4. The molecule has 0 aliphatic heterocycles. The molecule has 2 aromatic rings. The third-order valence-electron chi connectivity index (χ3n) is 3.71. The second kappa shape index (κ2) is 8.26. The molecule has 0 radical (unpaired) electrons. The SMILES string of the molecule is CC(C)(O)C(C)(C)Oc1ccc(-c2ccncc2)cc1.OB(O)O. The quantitative estimate of drug-likeness (QED) is 0.634. The lowest BCUT2D eigenvalue weighted by Gasteiger charge is -2.37. The molecule has 1 heterocycles. The van der Waals surface area contributed by atoms with Crippen LogP contribution in [0.15, 0.2) is 48.8 Å². The summed E-state index contributed by atoms with van der Waals surface area (Å²) in [5, 5.41) is 31.6. The van der Waals surface area contributed by atoms with E-state index in [1.807, 2.05) is 50.2 Å². The van der Waals surface area contributed by atoms with Gasteiger partial charge in [-0.3, -0.25) is 4.98 Å². The summed E-state index contributed by atoms with van der Waals surface area (Å²) in [6.07, 6.45) is 3.55. The Balaban J connectivity index is 0.000000648. The van der Waals surface area contributed by atoms with Crippen LogP contribution in [0.3, 0.4) is 0 Å². The molecule has 0 amide bonds. The first-order chi connectivity index (χ1) is 11.0. The minimum Gasteiger partial charge on any atom is -0.485 e. The summed E-state index contributed by atoms with van der Waals surface area (Å²) < 4.78 is 5.89. The Kier molecular flexibility index (Phi) is 6.92. The van der Waals surface area contributed by atoms with Crippen LogP contribution in [0.4, 0.5) is 0 Å². The maximum atomic E-state index is 10.1. The minimum atomic E-state index is -2.17. The zero-order valence-electron chi connectivity index (χ0n) is 14.3. The van der Waals surface area contributed by atoms with Crippen LogP contribution in [0.2, 0.25) is 0 Å². The number of nitrogens with zero attached hydrogens (tertiary/aromatic N) is 1. The molecular formula is C17H24BNO5. The summed E-state index contributed by atoms with van der Waals surface area (Å²) in [4.78, 5) is 4.01. The Morgan fingerprint density at radius 2 is 1.25 bits per heavy atom. The molecule has 0 spiro atoms. The summed E-state index contributed by atoms with van der Waals surface area (Å²) in [6, 6.07) is 11.8. The molecule has 0 fully saturated rings. The average Bonchev–Trinajstić information content (AvgIpc) is 2.47. The smallest absolute Gasteiger partial charge is 0.485 e. The van der Waals surface area contributed by atoms with Gasteiger partial charge in [0.25, 0.3) is 0 Å². The lowest BCUT2D eigenvalue weighted by Crippen LogP contribution is -2.49. The number of aliphatic hydroxyl groups is 1. The van der Waals surface area contributed by atoms with Crippen molar-refractivity contribution >= 4 is 7.32 Å². The van der Waals surface area contributed by atoms with Gasteiger partial charge in [0, 0.05) is 12.4 Å². The van der Waals surface area contributed by atoms with Gasteiger partial charge in [0.1, 0.15) is 11.4 Å². The molecule has 1 aromatic carbocycles. The summed E-state index contributed by atoms with van der Waals surface area (Å²) in [7, 11) is -2.17. The van der Waals surface area contributed by atoms with Crippen LogP contribution < -0.4 is 4.74 Å². The van der Waals surface area contributed by atoms with Crippen molar-refractivity contribution < 1.29 is 24.9 Å². The second-order valence-electron chi connectivity index (χ2n) is 6.28. The van der Waals surface area contributed by atoms with Gasteiger partial charge in [0.05, 0.1) is 5.60 Å². The number of aromatic nitrogens is 1. The number of ether oxygens (including phenoxy) is 1. The number of pyridine rings is 1. The van der Waals surface area contributed by atoms with Crippen molar-refractivity contribution in [3.63, 3.8) is 0 Å². The van der Waals surface area contributed by atoms with Gasteiger partial charge in [-0.1, -0.05) is 12.1 Å². The van der Waals surface area contributed by atoms with E-state index in [4.69, 9.17) is 19.8 Å². The van der Waals surface area contributed by atoms with E-state index in [2.05, 4.69) is 4.98 Å². The molecule has 0 saturated heterocycles. The van der Waals surface area contributed by atoms with E-state index in [0.717, 1.165) is 16.9 Å². The van der Waals surface area contributed by atoms with Crippen molar-refractivity contribution in [3.05, 3.63) is 48.8 Å². The van der Waals surface area contributed by atoms with E-state index < -0.39 is 18.5 Å². The molecule has 0 aliphatic carbocycles. The van der Waals surface area contributed by atoms with Gasteiger partial charge in [-0.15, -0.1) is 0 Å². The molecule has 6 nitrogen and oxygen atoms in total. The number of hydrogen-bond acceptors (Lipinski definition) is 6. The standard InChI is InChI=1S/C17H21NO2.BH3O3/c1-16(2,19)17(3,4)20-15-7-5-13(6-8-15)14-9-11-18-12-10-14;2-1(3)4/h5-12,19H,1-4H3;2-4H. The van der Waals surface area contributed by atoms with E-state index in [0.29, 0.717) is 0 Å². The number of benzene rings is 1. The maximum absolute atomic E-state index is 10.1. The third kappa shape index (κ3) is 6.29. The minimum absolute atomic E-state index is 0.662. The fourth-order valence-electron chi connectivity index (χ4n) is 1.68. The summed E-state index contributed by atoms with van der Waals surface area (Å²) in [6.45, 7) is 7.25.